The standard InChI is InChI=1S/C8H12IN3O5/c1-3(14)7-10-9-12(11-7)8-6(16)5(15)4(2-13)17-8/h4-6,8,13,15-16H,2H2,1H3/t4-,5?,6?,8-/m1/s1. The molecule has 96 valence electrons. The number of Topliss-reactive ketones (excluding diaryl/α,β-unsaturated/α-hetero) is 1. The average Bonchev–Trinajstić information content (AvgIpc) is 2.87. The first-order chi connectivity index (χ1) is 8.04. The van der Waals surface area contributed by atoms with Crippen molar-refractivity contribution in [3.05, 3.63) is 0 Å². The molecule has 0 spiro atoms. The van der Waals surface area contributed by atoms with Crippen LogP contribution in [-0.2, 0) is 9.53 Å². The lowest BCUT2D eigenvalue weighted by molar-refractivity contribution is -0.111. The molecule has 0 saturated carbocycles. The van der Waals surface area contributed by atoms with Crippen molar-refractivity contribution in [2.75, 3.05) is 6.61 Å². The Morgan fingerprint density at radius 1 is 1.53 bits per heavy atom. The number of nitrogens with zero attached hydrogens (tertiary/aromatic N) is 3. The topological polar surface area (TPSA) is 115 Å². The zero-order valence-corrected chi connectivity index (χ0v) is 11.1. The first-order valence-electron chi connectivity index (χ1n) is 4.91. The van der Waals surface area contributed by atoms with Crippen molar-refractivity contribution in [1.82, 2.24) is 3.22 Å². The molecule has 1 fully saturated rings. The molecule has 0 amide bonds. The van der Waals surface area contributed by atoms with Crippen molar-refractivity contribution in [2.45, 2.75) is 31.5 Å². The van der Waals surface area contributed by atoms with Crippen molar-refractivity contribution in [1.29, 1.82) is 0 Å². The molecule has 9 heteroatoms. The molecular formula is C8H12IN3O5. The highest BCUT2D eigenvalue weighted by Gasteiger charge is 2.46. The molecule has 0 aromatic carbocycles. The minimum atomic E-state index is -1.17. The van der Waals surface area contributed by atoms with E-state index in [1.54, 1.807) is 0 Å². The first kappa shape index (κ1) is 13.0. The molecule has 17 heavy (non-hydrogen) atoms. The maximum Gasteiger partial charge on any atom is 0.222 e. The van der Waals surface area contributed by atoms with E-state index in [0.717, 1.165) is 0 Å². The van der Waals surface area contributed by atoms with Crippen LogP contribution in [0.1, 0.15) is 6.92 Å². The SMILES string of the molecule is CC(=O)C1=NN([C@@H]2O[C@H](CO)C(O)C2O)I=N1. The highest BCUT2D eigenvalue weighted by Crippen LogP contribution is 2.31. The molecule has 1 saturated heterocycles. The van der Waals surface area contributed by atoms with Crippen LogP contribution >= 0.6 is 21.3 Å². The Morgan fingerprint density at radius 2 is 2.24 bits per heavy atom. The fraction of sp³-hybridized carbons (Fsp3) is 0.750. The summed E-state index contributed by atoms with van der Waals surface area (Å²) in [7, 11) is 0. The molecule has 2 aliphatic heterocycles. The summed E-state index contributed by atoms with van der Waals surface area (Å²) in [4.78, 5) is 11.0. The molecule has 0 radical (unpaired) electrons. The average molecular weight is 357 g/mol. The number of halogens is 1. The lowest BCUT2D eigenvalue weighted by Gasteiger charge is -2.19. The second-order valence-electron chi connectivity index (χ2n) is 3.66. The summed E-state index contributed by atoms with van der Waals surface area (Å²) < 4.78 is 10.6. The molecule has 2 unspecified atom stereocenters. The number of hydrazone groups is 1. The van der Waals surface area contributed by atoms with E-state index in [1.807, 2.05) is 0 Å². The normalized spacial score (nSPS) is 36.9. The van der Waals surface area contributed by atoms with Crippen LogP contribution in [0.4, 0.5) is 0 Å². The van der Waals surface area contributed by atoms with Gasteiger partial charge in [0.2, 0.25) is 5.84 Å². The number of ketones is 1. The van der Waals surface area contributed by atoms with Crippen LogP contribution in [-0.4, -0.2) is 61.3 Å². The second-order valence-corrected chi connectivity index (χ2v) is 5.56. The summed E-state index contributed by atoms with van der Waals surface area (Å²) in [6.45, 7) is 0.966. The van der Waals surface area contributed by atoms with E-state index in [1.165, 1.54) is 10.1 Å². The van der Waals surface area contributed by atoms with Gasteiger partial charge in [-0.2, -0.15) is 6.37 Å². The van der Waals surface area contributed by atoms with Gasteiger partial charge in [0.15, 0.2) is 12.0 Å². The Balaban J connectivity index is 2.11. The highest BCUT2D eigenvalue weighted by atomic mass is 127. The summed E-state index contributed by atoms with van der Waals surface area (Å²) in [6.07, 6.45) is -4.02. The van der Waals surface area contributed by atoms with E-state index in [4.69, 9.17) is 9.84 Å². The van der Waals surface area contributed by atoms with Crippen molar-refractivity contribution in [3.63, 3.8) is 0 Å². The summed E-state index contributed by atoms with van der Waals surface area (Å²) in [6, 6.07) is 0. The quantitative estimate of drug-likeness (QED) is 0.428. The monoisotopic (exact) mass is 357 g/mol. The minimum Gasteiger partial charge on any atom is -0.394 e. The second kappa shape index (κ2) is 5.02. The molecule has 4 atom stereocenters. The molecule has 0 aromatic heterocycles. The van der Waals surface area contributed by atoms with Crippen LogP contribution in [0.5, 0.6) is 0 Å². The van der Waals surface area contributed by atoms with Gasteiger partial charge in [0, 0.05) is 6.92 Å². The third-order valence-corrected chi connectivity index (χ3v) is 4.31. The largest absolute Gasteiger partial charge is 0.394 e. The number of ether oxygens (including phenoxy) is 1. The molecule has 0 aromatic rings. The maximum absolute atomic E-state index is 11.0. The Bertz CT molecular complexity index is 387. The lowest BCUT2D eigenvalue weighted by atomic mass is 10.1. The van der Waals surface area contributed by atoms with Gasteiger partial charge < -0.3 is 20.1 Å². The van der Waals surface area contributed by atoms with E-state index >= 15 is 0 Å². The Kier molecular flexibility index (Phi) is 3.82. The zero-order valence-electron chi connectivity index (χ0n) is 8.89. The van der Waals surface area contributed by atoms with Gasteiger partial charge in [0.25, 0.3) is 0 Å². The third kappa shape index (κ3) is 2.38. The number of rotatable bonds is 3. The van der Waals surface area contributed by atoms with Gasteiger partial charge in [0.05, 0.1) is 6.61 Å². The number of aliphatic hydroxyl groups excluding tert-OH is 3. The maximum atomic E-state index is 11.0. The van der Waals surface area contributed by atoms with Gasteiger partial charge in [-0.05, 0) is 0 Å². The summed E-state index contributed by atoms with van der Waals surface area (Å²) in [5.41, 5.74) is 0. The zero-order chi connectivity index (χ0) is 12.6. The number of carbonyl (C=O) groups is 1. The van der Waals surface area contributed by atoms with E-state index in [0.29, 0.717) is 0 Å². The number of aliphatic hydroxyl groups is 3. The van der Waals surface area contributed by atoms with Gasteiger partial charge in [-0.15, -0.1) is 5.10 Å². The molecule has 3 N–H and O–H groups in total. The van der Waals surface area contributed by atoms with Gasteiger partial charge in [-0.3, -0.25) is 4.79 Å². The smallest absolute Gasteiger partial charge is 0.222 e. The van der Waals surface area contributed by atoms with Crippen LogP contribution in [0.25, 0.3) is 0 Å². The van der Waals surface area contributed by atoms with Crippen LogP contribution in [0.3, 0.4) is 0 Å². The fourth-order valence-corrected chi connectivity index (χ4v) is 3.35. The minimum absolute atomic E-state index is 0.107. The predicted octanol–water partition coefficient (Wildman–Crippen LogP) is -1.29. The van der Waals surface area contributed by atoms with Gasteiger partial charge in [-0.25, -0.2) is 0 Å². The van der Waals surface area contributed by atoms with E-state index in [-0.39, 0.29) is 18.2 Å². The van der Waals surface area contributed by atoms with E-state index < -0.39 is 45.8 Å². The molecule has 2 rings (SSSR count). The van der Waals surface area contributed by atoms with Gasteiger partial charge in [-0.1, -0.05) is 0 Å². The Morgan fingerprint density at radius 3 is 2.71 bits per heavy atom. The number of amidine groups is 1. The molecule has 8 nitrogen and oxygen atoms in total. The lowest BCUT2D eigenvalue weighted by Crippen LogP contribution is -2.37. The van der Waals surface area contributed by atoms with Crippen LogP contribution in [0, 0.1) is 0 Å². The molecule has 0 aliphatic carbocycles. The van der Waals surface area contributed by atoms with Crippen LogP contribution < -0.4 is 0 Å². The third-order valence-electron chi connectivity index (χ3n) is 2.43. The summed E-state index contributed by atoms with van der Waals surface area (Å²) >= 11 is -0.926. The predicted molar refractivity (Wildman–Crippen MR) is 64.2 cm³/mol. The van der Waals surface area contributed by atoms with Gasteiger partial charge >= 0.3 is 0 Å². The number of hydrogen-bond acceptors (Lipinski definition) is 8. The Labute approximate surface area is 107 Å². The van der Waals surface area contributed by atoms with E-state index in [9.17, 15) is 15.0 Å². The first-order valence-corrected chi connectivity index (χ1v) is 6.84. The molecule has 2 heterocycles. The van der Waals surface area contributed by atoms with Crippen molar-refractivity contribution in [2.24, 2.45) is 8.25 Å². The number of hydrogen-bond donors (Lipinski definition) is 3. The number of carbonyl (C=O) groups excluding carboxylic acids is 1. The molecular weight excluding hydrogens is 345 g/mol. The Hall–Kier alpha value is -0.490. The van der Waals surface area contributed by atoms with Crippen molar-refractivity contribution >= 4 is 32.9 Å². The van der Waals surface area contributed by atoms with Crippen LogP contribution in [0.15, 0.2) is 8.25 Å². The van der Waals surface area contributed by atoms with Crippen molar-refractivity contribution < 1.29 is 24.9 Å². The molecule has 0 bridgehead atoms. The summed E-state index contributed by atoms with van der Waals surface area (Å²) in [5.74, 6) is -0.144. The van der Waals surface area contributed by atoms with Gasteiger partial charge in [0.1, 0.15) is 39.6 Å². The summed E-state index contributed by atoms with van der Waals surface area (Å²) in [5, 5.41) is 32.2. The van der Waals surface area contributed by atoms with E-state index in [2.05, 4.69) is 8.25 Å². The molecule has 2 aliphatic rings. The van der Waals surface area contributed by atoms with Crippen molar-refractivity contribution in [3.8, 4) is 0 Å². The fourth-order valence-electron chi connectivity index (χ4n) is 1.48. The highest BCUT2D eigenvalue weighted by molar-refractivity contribution is 14.1. The van der Waals surface area contributed by atoms with Crippen LogP contribution in [0.2, 0.25) is 0 Å².